The van der Waals surface area contributed by atoms with Crippen LogP contribution in [0.15, 0.2) is 36.4 Å². The van der Waals surface area contributed by atoms with Gasteiger partial charge in [0.25, 0.3) is 0 Å². The van der Waals surface area contributed by atoms with Gasteiger partial charge in [-0.2, -0.15) is 5.10 Å². The molecule has 0 amide bonds. The Kier molecular flexibility index (Phi) is 7.10. The van der Waals surface area contributed by atoms with Gasteiger partial charge in [-0.15, -0.1) is 0 Å². The van der Waals surface area contributed by atoms with E-state index in [2.05, 4.69) is 41.2 Å². The number of aromatic nitrogens is 2. The molecule has 174 valence electrons. The predicted molar refractivity (Wildman–Crippen MR) is 129 cm³/mol. The molecule has 2 aromatic rings. The fourth-order valence-corrected chi connectivity index (χ4v) is 5.81. The second-order valence-electron chi connectivity index (χ2n) is 9.18. The summed E-state index contributed by atoms with van der Waals surface area (Å²) in [6, 6.07) is 10.7. The lowest BCUT2D eigenvalue weighted by molar-refractivity contribution is -0.0708. The summed E-state index contributed by atoms with van der Waals surface area (Å²) in [5.41, 5.74) is 4.74. The average molecular weight is 478 g/mol. The third-order valence-electron chi connectivity index (χ3n) is 6.58. The smallest absolute Gasteiger partial charge is 0.150 e. The van der Waals surface area contributed by atoms with E-state index in [0.29, 0.717) is 19.2 Å². The van der Waals surface area contributed by atoms with E-state index in [1.54, 1.807) is 0 Å². The van der Waals surface area contributed by atoms with E-state index in [1.165, 1.54) is 17.4 Å². The number of halogens is 1. The van der Waals surface area contributed by atoms with Gasteiger partial charge in [0.2, 0.25) is 0 Å². The molecule has 1 aromatic carbocycles. The van der Waals surface area contributed by atoms with Crippen molar-refractivity contribution in [1.82, 2.24) is 14.7 Å². The van der Waals surface area contributed by atoms with Crippen molar-refractivity contribution in [3.05, 3.63) is 58.4 Å². The van der Waals surface area contributed by atoms with E-state index < -0.39 is 9.84 Å². The number of sulfone groups is 1. The summed E-state index contributed by atoms with van der Waals surface area (Å²) in [7, 11) is -1.12. The Bertz CT molecular complexity index is 1060. The maximum absolute atomic E-state index is 11.9. The standard InChI is InChI=1S/C24H32ClN3O3S/c1-17-12-24(26-27(17)2)19-6-10-21(11-7-19)28-14-23(16-32(3,29)30)31-15-22(28)13-18-4-8-20(25)9-5-18/h4-6,8-9,12,21-23H,7,10-11,13-16H2,1-3H3/t21?,22-,23+/m0/s1. The average Bonchev–Trinajstić information content (AvgIpc) is 3.08. The first-order valence-electron chi connectivity index (χ1n) is 11.2. The molecule has 1 fully saturated rings. The van der Waals surface area contributed by atoms with Crippen LogP contribution in [0.1, 0.15) is 36.2 Å². The van der Waals surface area contributed by atoms with E-state index in [4.69, 9.17) is 16.3 Å². The summed E-state index contributed by atoms with van der Waals surface area (Å²) in [6.45, 7) is 3.25. The lowest BCUT2D eigenvalue weighted by Gasteiger charge is -2.45. The number of rotatable bonds is 6. The molecule has 3 atom stereocenters. The van der Waals surface area contributed by atoms with Gasteiger partial charge in [-0.05, 0) is 61.9 Å². The number of ether oxygens (including phenoxy) is 1. The zero-order chi connectivity index (χ0) is 22.9. The second-order valence-corrected chi connectivity index (χ2v) is 11.8. The van der Waals surface area contributed by atoms with Crippen LogP contribution in [0.5, 0.6) is 0 Å². The van der Waals surface area contributed by atoms with Crippen LogP contribution in [0.3, 0.4) is 0 Å². The molecule has 0 bridgehead atoms. The van der Waals surface area contributed by atoms with Crippen molar-refractivity contribution in [2.75, 3.05) is 25.2 Å². The summed E-state index contributed by atoms with van der Waals surface area (Å²) in [5, 5.41) is 5.37. The molecule has 1 aliphatic carbocycles. The number of nitrogens with zero attached hydrogens (tertiary/aromatic N) is 3. The Morgan fingerprint density at radius 3 is 2.59 bits per heavy atom. The van der Waals surface area contributed by atoms with Gasteiger partial charge in [0, 0.05) is 42.6 Å². The first kappa shape index (κ1) is 23.5. The highest BCUT2D eigenvalue weighted by atomic mass is 35.5. The molecular weight excluding hydrogens is 446 g/mol. The van der Waals surface area contributed by atoms with Crippen LogP contribution in [0.25, 0.3) is 5.57 Å². The zero-order valence-corrected chi connectivity index (χ0v) is 20.6. The van der Waals surface area contributed by atoms with Gasteiger partial charge in [0.05, 0.1) is 24.2 Å². The van der Waals surface area contributed by atoms with E-state index in [-0.39, 0.29) is 17.9 Å². The molecule has 6 nitrogen and oxygen atoms in total. The highest BCUT2D eigenvalue weighted by molar-refractivity contribution is 7.90. The Morgan fingerprint density at radius 1 is 1.25 bits per heavy atom. The first-order valence-corrected chi connectivity index (χ1v) is 13.6. The van der Waals surface area contributed by atoms with E-state index in [9.17, 15) is 8.42 Å². The maximum atomic E-state index is 11.9. The Hall–Kier alpha value is -1.67. The highest BCUT2D eigenvalue weighted by Gasteiger charge is 2.35. The summed E-state index contributed by atoms with van der Waals surface area (Å²) in [4.78, 5) is 2.49. The second kappa shape index (κ2) is 9.67. The lowest BCUT2D eigenvalue weighted by atomic mass is 9.90. The zero-order valence-electron chi connectivity index (χ0n) is 19.0. The van der Waals surface area contributed by atoms with Gasteiger partial charge in [0.15, 0.2) is 0 Å². The normalized spacial score (nSPS) is 25.0. The summed E-state index contributed by atoms with van der Waals surface area (Å²) in [5.74, 6) is 0.0676. The molecule has 32 heavy (non-hydrogen) atoms. The Balaban J connectivity index is 1.51. The van der Waals surface area contributed by atoms with Crippen molar-refractivity contribution in [2.45, 2.75) is 50.8 Å². The molecule has 1 aromatic heterocycles. The lowest BCUT2D eigenvalue weighted by Crippen LogP contribution is -2.56. The fourth-order valence-electron chi connectivity index (χ4n) is 4.81. The van der Waals surface area contributed by atoms with Gasteiger partial charge < -0.3 is 4.74 Å². The van der Waals surface area contributed by atoms with Crippen molar-refractivity contribution in [1.29, 1.82) is 0 Å². The molecule has 1 aliphatic heterocycles. The quantitative estimate of drug-likeness (QED) is 0.635. The topological polar surface area (TPSA) is 64.4 Å². The van der Waals surface area contributed by atoms with Gasteiger partial charge in [-0.3, -0.25) is 9.58 Å². The highest BCUT2D eigenvalue weighted by Crippen LogP contribution is 2.32. The molecule has 1 unspecified atom stereocenters. The molecule has 0 radical (unpaired) electrons. The molecule has 4 rings (SSSR count). The summed E-state index contributed by atoms with van der Waals surface area (Å²) < 4.78 is 31.7. The Morgan fingerprint density at radius 2 is 2.00 bits per heavy atom. The SMILES string of the molecule is Cc1cc(C2=CCC(N3C[C@H](CS(C)(=O)=O)OC[C@@H]3Cc3ccc(Cl)cc3)CC2)nn1C. The third-order valence-corrected chi connectivity index (χ3v) is 7.81. The molecule has 1 saturated heterocycles. The third kappa shape index (κ3) is 5.81. The number of morpholine rings is 1. The minimum absolute atomic E-state index is 0.0676. The number of benzene rings is 1. The summed E-state index contributed by atoms with van der Waals surface area (Å²) in [6.07, 6.45) is 7.12. The molecule has 0 saturated carbocycles. The number of aryl methyl sites for hydroxylation is 2. The largest absolute Gasteiger partial charge is 0.374 e. The van der Waals surface area contributed by atoms with Gasteiger partial charge >= 0.3 is 0 Å². The molecule has 8 heteroatoms. The fraction of sp³-hybridized carbons (Fsp3) is 0.542. The van der Waals surface area contributed by atoms with E-state index >= 15 is 0 Å². The van der Waals surface area contributed by atoms with Gasteiger partial charge in [0.1, 0.15) is 9.84 Å². The first-order chi connectivity index (χ1) is 15.2. The van der Waals surface area contributed by atoms with Crippen LogP contribution in [0, 0.1) is 6.92 Å². The van der Waals surface area contributed by atoms with Crippen molar-refractivity contribution >= 4 is 27.0 Å². The molecule has 0 N–H and O–H groups in total. The summed E-state index contributed by atoms with van der Waals surface area (Å²) >= 11 is 6.06. The van der Waals surface area contributed by atoms with Crippen LogP contribution in [-0.4, -0.2) is 66.4 Å². The van der Waals surface area contributed by atoms with E-state index in [0.717, 1.165) is 42.1 Å². The van der Waals surface area contributed by atoms with Crippen molar-refractivity contribution in [3.63, 3.8) is 0 Å². The van der Waals surface area contributed by atoms with Crippen LogP contribution < -0.4 is 0 Å². The number of hydrogen-bond donors (Lipinski definition) is 0. The minimum Gasteiger partial charge on any atom is -0.374 e. The molecule has 2 aliphatic rings. The van der Waals surface area contributed by atoms with Crippen LogP contribution >= 0.6 is 11.6 Å². The molecule has 2 heterocycles. The number of allylic oxidation sites excluding steroid dienone is 1. The monoisotopic (exact) mass is 477 g/mol. The van der Waals surface area contributed by atoms with Gasteiger partial charge in [-0.1, -0.05) is 29.8 Å². The van der Waals surface area contributed by atoms with Crippen molar-refractivity contribution in [2.24, 2.45) is 7.05 Å². The Labute approximate surface area is 196 Å². The number of hydrogen-bond acceptors (Lipinski definition) is 5. The van der Waals surface area contributed by atoms with Crippen LogP contribution in [0.4, 0.5) is 0 Å². The van der Waals surface area contributed by atoms with Crippen molar-refractivity contribution < 1.29 is 13.2 Å². The maximum Gasteiger partial charge on any atom is 0.150 e. The van der Waals surface area contributed by atoms with Gasteiger partial charge in [-0.25, -0.2) is 8.42 Å². The van der Waals surface area contributed by atoms with Crippen LogP contribution in [0.2, 0.25) is 5.02 Å². The van der Waals surface area contributed by atoms with Crippen molar-refractivity contribution in [3.8, 4) is 0 Å². The van der Waals surface area contributed by atoms with E-state index in [1.807, 2.05) is 23.9 Å². The molecule has 0 spiro atoms. The molecular formula is C24H32ClN3O3S. The predicted octanol–water partition coefficient (Wildman–Crippen LogP) is 3.67. The minimum atomic E-state index is -3.09. The van der Waals surface area contributed by atoms with Crippen LogP contribution in [-0.2, 0) is 28.0 Å².